The molecule has 0 saturated heterocycles. The Balaban J connectivity index is 2.19. The number of halogens is 1. The first kappa shape index (κ1) is 28.5. The second-order valence-corrected chi connectivity index (χ2v) is 7.19. The van der Waals surface area contributed by atoms with Gasteiger partial charge in [-0.1, -0.05) is 18.2 Å². The van der Waals surface area contributed by atoms with Gasteiger partial charge >= 0.3 is 0 Å². The Morgan fingerprint density at radius 3 is 1.59 bits per heavy atom. The SMILES string of the molecule is C=CCCCOCCOCCOc1ccc(CCl)cc1OCCOCCOCCCC=C. The number of rotatable bonds is 23. The monoisotopic (exact) mass is 470 g/mol. The van der Waals surface area contributed by atoms with Crippen molar-refractivity contribution in [2.24, 2.45) is 0 Å². The molecule has 7 heteroatoms. The van der Waals surface area contributed by atoms with Crippen LogP contribution < -0.4 is 9.47 Å². The number of hydrogen-bond acceptors (Lipinski definition) is 6. The van der Waals surface area contributed by atoms with Crippen LogP contribution >= 0.6 is 11.6 Å². The van der Waals surface area contributed by atoms with Crippen molar-refractivity contribution in [2.75, 3.05) is 66.1 Å². The van der Waals surface area contributed by atoms with E-state index in [4.69, 9.17) is 40.0 Å². The Labute approximate surface area is 198 Å². The Bertz CT molecular complexity index is 596. The fourth-order valence-electron chi connectivity index (χ4n) is 2.59. The van der Waals surface area contributed by atoms with Crippen LogP contribution in [0.2, 0.25) is 0 Å². The number of unbranched alkanes of at least 4 members (excludes halogenated alkanes) is 2. The van der Waals surface area contributed by atoms with Crippen LogP contribution in [0.5, 0.6) is 11.5 Å². The van der Waals surface area contributed by atoms with Crippen LogP contribution in [-0.4, -0.2) is 66.1 Å². The molecule has 0 N–H and O–H groups in total. The predicted octanol–water partition coefficient (Wildman–Crippen LogP) is 5.18. The third kappa shape index (κ3) is 15.3. The van der Waals surface area contributed by atoms with Gasteiger partial charge in [-0.2, -0.15) is 0 Å². The van der Waals surface area contributed by atoms with Gasteiger partial charge in [0, 0.05) is 19.1 Å². The summed E-state index contributed by atoms with van der Waals surface area (Å²) in [5.41, 5.74) is 0.965. The minimum atomic E-state index is 0.409. The maximum absolute atomic E-state index is 5.95. The summed E-state index contributed by atoms with van der Waals surface area (Å²) in [5.74, 6) is 1.72. The quantitative estimate of drug-likeness (QED) is 0.125. The van der Waals surface area contributed by atoms with Crippen LogP contribution in [0, 0.1) is 0 Å². The Kier molecular flexibility index (Phi) is 18.9. The summed E-state index contributed by atoms with van der Waals surface area (Å²) in [7, 11) is 0. The lowest BCUT2D eigenvalue weighted by Gasteiger charge is -2.14. The highest BCUT2D eigenvalue weighted by molar-refractivity contribution is 6.17. The number of alkyl halides is 1. The number of hydrogen-bond donors (Lipinski definition) is 0. The first-order valence-electron chi connectivity index (χ1n) is 11.3. The van der Waals surface area contributed by atoms with Gasteiger partial charge in [-0.3, -0.25) is 0 Å². The number of allylic oxidation sites excluding steroid dienone is 2. The molecule has 32 heavy (non-hydrogen) atoms. The standard InChI is InChI=1S/C25H39ClO6/c1-3-5-7-11-27-13-15-29-17-19-31-24-10-9-23(22-26)21-25(24)32-20-18-30-16-14-28-12-8-6-4-2/h3-4,9-10,21H,1-2,5-8,11-20,22H2. The van der Waals surface area contributed by atoms with E-state index in [0.29, 0.717) is 70.2 Å². The zero-order valence-electron chi connectivity index (χ0n) is 19.2. The highest BCUT2D eigenvalue weighted by Gasteiger charge is 2.07. The zero-order chi connectivity index (χ0) is 23.1. The average Bonchev–Trinajstić information content (AvgIpc) is 2.82. The summed E-state index contributed by atoms with van der Waals surface area (Å²) >= 11 is 5.95. The van der Waals surface area contributed by atoms with Crippen LogP contribution in [0.3, 0.4) is 0 Å². The van der Waals surface area contributed by atoms with E-state index >= 15 is 0 Å². The third-order valence-corrected chi connectivity index (χ3v) is 4.58. The molecule has 0 aromatic heterocycles. The first-order chi connectivity index (χ1) is 15.8. The maximum Gasteiger partial charge on any atom is 0.161 e. The Morgan fingerprint density at radius 1 is 0.625 bits per heavy atom. The normalized spacial score (nSPS) is 10.8. The number of ether oxygens (including phenoxy) is 6. The van der Waals surface area contributed by atoms with Gasteiger partial charge in [-0.15, -0.1) is 24.8 Å². The van der Waals surface area contributed by atoms with E-state index in [0.717, 1.165) is 44.5 Å². The molecule has 1 aromatic carbocycles. The van der Waals surface area contributed by atoms with E-state index in [1.165, 1.54) is 0 Å². The van der Waals surface area contributed by atoms with Crippen molar-refractivity contribution in [3.05, 3.63) is 49.1 Å². The Hall–Kier alpha value is -1.57. The Morgan fingerprint density at radius 2 is 1.09 bits per heavy atom. The zero-order valence-corrected chi connectivity index (χ0v) is 20.0. The minimum Gasteiger partial charge on any atom is -0.487 e. The van der Waals surface area contributed by atoms with Crippen molar-refractivity contribution < 1.29 is 28.4 Å². The van der Waals surface area contributed by atoms with Crippen LogP contribution in [0.25, 0.3) is 0 Å². The molecule has 0 spiro atoms. The molecular weight excluding hydrogens is 432 g/mol. The van der Waals surface area contributed by atoms with Gasteiger partial charge in [-0.05, 0) is 43.4 Å². The molecule has 0 aliphatic carbocycles. The van der Waals surface area contributed by atoms with Gasteiger partial charge in [0.15, 0.2) is 11.5 Å². The van der Waals surface area contributed by atoms with Crippen molar-refractivity contribution in [2.45, 2.75) is 31.6 Å². The van der Waals surface area contributed by atoms with Crippen LogP contribution in [0.4, 0.5) is 0 Å². The van der Waals surface area contributed by atoms with E-state index in [1.54, 1.807) is 0 Å². The molecule has 182 valence electrons. The average molecular weight is 471 g/mol. The van der Waals surface area contributed by atoms with E-state index in [-0.39, 0.29) is 0 Å². The first-order valence-corrected chi connectivity index (χ1v) is 11.8. The van der Waals surface area contributed by atoms with Gasteiger partial charge in [0.25, 0.3) is 0 Å². The lowest BCUT2D eigenvalue weighted by molar-refractivity contribution is 0.0327. The van der Waals surface area contributed by atoms with Crippen molar-refractivity contribution in [1.82, 2.24) is 0 Å². The second kappa shape index (κ2) is 21.3. The summed E-state index contributed by atoms with van der Waals surface area (Å²) in [6.07, 6.45) is 7.70. The van der Waals surface area contributed by atoms with Crippen molar-refractivity contribution in [3.8, 4) is 11.5 Å². The van der Waals surface area contributed by atoms with E-state index in [1.807, 2.05) is 30.4 Å². The molecular formula is C25H39ClO6. The third-order valence-electron chi connectivity index (χ3n) is 4.27. The second-order valence-electron chi connectivity index (χ2n) is 6.92. The van der Waals surface area contributed by atoms with Crippen molar-refractivity contribution in [3.63, 3.8) is 0 Å². The highest BCUT2D eigenvalue weighted by atomic mass is 35.5. The lowest BCUT2D eigenvalue weighted by atomic mass is 10.2. The van der Waals surface area contributed by atoms with Gasteiger partial charge in [0.05, 0.1) is 39.6 Å². The molecule has 0 unspecified atom stereocenters. The summed E-state index contributed by atoms with van der Waals surface area (Å²) in [6.45, 7) is 12.9. The van der Waals surface area contributed by atoms with Crippen LogP contribution in [-0.2, 0) is 24.8 Å². The topological polar surface area (TPSA) is 55.4 Å². The van der Waals surface area contributed by atoms with Gasteiger partial charge in [0.1, 0.15) is 13.2 Å². The van der Waals surface area contributed by atoms with Gasteiger partial charge in [-0.25, -0.2) is 0 Å². The molecule has 1 aromatic rings. The fraction of sp³-hybridized carbons (Fsp3) is 0.600. The molecule has 0 heterocycles. The maximum atomic E-state index is 5.95. The molecule has 0 aliphatic rings. The molecule has 6 nitrogen and oxygen atoms in total. The minimum absolute atomic E-state index is 0.409. The van der Waals surface area contributed by atoms with Crippen LogP contribution in [0.15, 0.2) is 43.5 Å². The molecule has 0 aliphatic heterocycles. The van der Waals surface area contributed by atoms with Gasteiger partial charge in [0.2, 0.25) is 0 Å². The summed E-state index contributed by atoms with van der Waals surface area (Å²) in [5, 5.41) is 0. The molecule has 0 fully saturated rings. The van der Waals surface area contributed by atoms with Crippen molar-refractivity contribution in [1.29, 1.82) is 0 Å². The smallest absolute Gasteiger partial charge is 0.161 e. The van der Waals surface area contributed by atoms with Gasteiger partial charge < -0.3 is 28.4 Å². The highest BCUT2D eigenvalue weighted by Crippen LogP contribution is 2.29. The molecule has 0 saturated carbocycles. The summed E-state index contributed by atoms with van der Waals surface area (Å²) in [4.78, 5) is 0. The van der Waals surface area contributed by atoms with E-state index in [9.17, 15) is 0 Å². The predicted molar refractivity (Wildman–Crippen MR) is 129 cm³/mol. The molecule has 0 amide bonds. The molecule has 1 rings (SSSR count). The van der Waals surface area contributed by atoms with Crippen LogP contribution in [0.1, 0.15) is 31.2 Å². The summed E-state index contributed by atoms with van der Waals surface area (Å²) in [6, 6.07) is 5.68. The summed E-state index contributed by atoms with van der Waals surface area (Å²) < 4.78 is 33.7. The van der Waals surface area contributed by atoms with Crippen molar-refractivity contribution >= 4 is 11.6 Å². The lowest BCUT2D eigenvalue weighted by Crippen LogP contribution is -2.13. The van der Waals surface area contributed by atoms with E-state index in [2.05, 4.69) is 13.2 Å². The largest absolute Gasteiger partial charge is 0.487 e. The fourth-order valence-corrected chi connectivity index (χ4v) is 2.76. The number of benzene rings is 1. The molecule has 0 atom stereocenters. The molecule has 0 bridgehead atoms. The van der Waals surface area contributed by atoms with E-state index < -0.39 is 0 Å². The molecule has 0 radical (unpaired) electrons.